The molecule has 4 rings (SSSR count). The molecular weight excluding hydrogens is 416 g/mol. The van der Waals surface area contributed by atoms with Crippen LogP contribution in [0.2, 0.25) is 5.02 Å². The van der Waals surface area contributed by atoms with Crippen molar-refractivity contribution in [2.45, 2.75) is 13.8 Å². The van der Waals surface area contributed by atoms with Crippen LogP contribution in [0.4, 0.5) is 16.5 Å². The second-order valence-electron chi connectivity index (χ2n) is 7.52. The van der Waals surface area contributed by atoms with Gasteiger partial charge in [-0.25, -0.2) is 4.98 Å². The number of aromatic nitrogens is 1. The fraction of sp³-hybridized carbons (Fsp3) is 0.304. The molecule has 0 unspecified atom stereocenters. The van der Waals surface area contributed by atoms with Gasteiger partial charge in [-0.3, -0.25) is 4.79 Å². The maximum absolute atomic E-state index is 13.2. The summed E-state index contributed by atoms with van der Waals surface area (Å²) in [4.78, 5) is 24.8. The molecule has 1 aromatic heterocycles. The van der Waals surface area contributed by atoms with Crippen LogP contribution in [0.1, 0.15) is 20.9 Å². The molecule has 1 amide bonds. The second kappa shape index (κ2) is 8.66. The Labute approximate surface area is 186 Å². The average Bonchev–Trinajstić information content (AvgIpc) is 3.16. The Balaban J connectivity index is 1.46. The third-order valence-electron chi connectivity index (χ3n) is 5.49. The molecule has 2 heterocycles. The van der Waals surface area contributed by atoms with E-state index in [1.165, 1.54) is 16.9 Å². The quantitative estimate of drug-likeness (QED) is 0.562. The molecule has 0 N–H and O–H groups in total. The predicted octanol–water partition coefficient (Wildman–Crippen LogP) is 5.14. The number of piperazine rings is 1. The van der Waals surface area contributed by atoms with Crippen LogP contribution in [0.3, 0.4) is 0 Å². The van der Waals surface area contributed by atoms with E-state index in [0.29, 0.717) is 13.1 Å². The van der Waals surface area contributed by atoms with E-state index < -0.39 is 0 Å². The summed E-state index contributed by atoms with van der Waals surface area (Å²) >= 11 is 7.64. The maximum Gasteiger partial charge on any atom is 0.266 e. The monoisotopic (exact) mass is 440 g/mol. The smallest absolute Gasteiger partial charge is 0.266 e. The van der Waals surface area contributed by atoms with E-state index in [2.05, 4.69) is 16.8 Å². The van der Waals surface area contributed by atoms with Gasteiger partial charge in [0.05, 0.1) is 5.69 Å². The molecule has 3 aromatic rings. The third-order valence-corrected chi connectivity index (χ3v) is 6.95. The van der Waals surface area contributed by atoms with Gasteiger partial charge < -0.3 is 14.7 Å². The Morgan fingerprint density at radius 3 is 2.47 bits per heavy atom. The Morgan fingerprint density at radius 2 is 1.77 bits per heavy atom. The number of para-hydroxylation sites is 1. The van der Waals surface area contributed by atoms with Gasteiger partial charge in [0.2, 0.25) is 0 Å². The topological polar surface area (TPSA) is 39.7 Å². The minimum Gasteiger partial charge on any atom is -0.368 e. The van der Waals surface area contributed by atoms with Crippen LogP contribution in [0, 0.1) is 13.8 Å². The van der Waals surface area contributed by atoms with E-state index in [0.717, 1.165) is 45.2 Å². The summed E-state index contributed by atoms with van der Waals surface area (Å²) in [7, 11) is 1.98. The van der Waals surface area contributed by atoms with Crippen molar-refractivity contribution in [1.82, 2.24) is 9.88 Å². The molecule has 0 radical (unpaired) electrons. The SMILES string of the molecule is Cc1ccc(Cl)cc1N1CCN(C(=O)c2sc(N(C)c3ccccc3)nc2C)CC1. The number of hydrogen-bond acceptors (Lipinski definition) is 5. The molecule has 7 heteroatoms. The van der Waals surface area contributed by atoms with Crippen LogP contribution in [-0.4, -0.2) is 49.0 Å². The number of carbonyl (C=O) groups excluding carboxylic acids is 1. The van der Waals surface area contributed by atoms with E-state index in [1.807, 2.05) is 72.3 Å². The molecule has 0 bridgehead atoms. The number of benzene rings is 2. The molecule has 1 aliphatic rings. The molecule has 1 saturated heterocycles. The normalized spacial score (nSPS) is 14.1. The molecule has 2 aromatic carbocycles. The number of amides is 1. The van der Waals surface area contributed by atoms with Crippen LogP contribution >= 0.6 is 22.9 Å². The molecular formula is C23H25ClN4OS. The van der Waals surface area contributed by atoms with E-state index in [1.54, 1.807) is 0 Å². The van der Waals surface area contributed by atoms with Crippen molar-refractivity contribution in [2.24, 2.45) is 0 Å². The van der Waals surface area contributed by atoms with Gasteiger partial charge in [-0.15, -0.1) is 0 Å². The number of rotatable bonds is 4. The van der Waals surface area contributed by atoms with E-state index >= 15 is 0 Å². The summed E-state index contributed by atoms with van der Waals surface area (Å²) in [6.45, 7) is 6.97. The van der Waals surface area contributed by atoms with Crippen molar-refractivity contribution < 1.29 is 4.79 Å². The number of halogens is 1. The third kappa shape index (κ3) is 4.16. The number of thiazole rings is 1. The summed E-state index contributed by atoms with van der Waals surface area (Å²) in [5, 5.41) is 1.57. The summed E-state index contributed by atoms with van der Waals surface area (Å²) in [5.74, 6) is 0.0696. The van der Waals surface area contributed by atoms with Crippen molar-refractivity contribution in [2.75, 3.05) is 43.0 Å². The zero-order valence-electron chi connectivity index (χ0n) is 17.4. The highest BCUT2D eigenvalue weighted by Gasteiger charge is 2.26. The summed E-state index contributed by atoms with van der Waals surface area (Å²) in [6, 6.07) is 16.0. The molecule has 5 nitrogen and oxygen atoms in total. The molecule has 1 aliphatic heterocycles. The first-order chi connectivity index (χ1) is 14.4. The van der Waals surface area contributed by atoms with E-state index in [9.17, 15) is 4.79 Å². The fourth-order valence-corrected chi connectivity index (χ4v) is 4.89. The van der Waals surface area contributed by atoms with Crippen molar-refractivity contribution in [1.29, 1.82) is 0 Å². The van der Waals surface area contributed by atoms with Crippen LogP contribution in [-0.2, 0) is 0 Å². The van der Waals surface area contributed by atoms with Crippen molar-refractivity contribution in [3.8, 4) is 0 Å². The average molecular weight is 441 g/mol. The minimum atomic E-state index is 0.0696. The first-order valence-corrected chi connectivity index (χ1v) is 11.2. The number of carbonyl (C=O) groups is 1. The largest absolute Gasteiger partial charge is 0.368 e. The standard InChI is InChI=1S/C23H25ClN4OS/c1-16-9-10-18(24)15-20(16)27-11-13-28(14-12-27)22(29)21-17(2)25-23(30-21)26(3)19-7-5-4-6-8-19/h4-10,15H,11-14H2,1-3H3. The highest BCUT2D eigenvalue weighted by atomic mass is 35.5. The zero-order valence-corrected chi connectivity index (χ0v) is 19.0. The fourth-order valence-electron chi connectivity index (χ4n) is 3.70. The van der Waals surface area contributed by atoms with Crippen LogP contribution in [0.5, 0.6) is 0 Å². The summed E-state index contributed by atoms with van der Waals surface area (Å²) < 4.78 is 0. The lowest BCUT2D eigenvalue weighted by molar-refractivity contribution is 0.0750. The maximum atomic E-state index is 13.2. The molecule has 0 saturated carbocycles. The lowest BCUT2D eigenvalue weighted by Crippen LogP contribution is -2.49. The van der Waals surface area contributed by atoms with E-state index in [-0.39, 0.29) is 5.91 Å². The summed E-state index contributed by atoms with van der Waals surface area (Å²) in [6.07, 6.45) is 0. The number of nitrogens with zero attached hydrogens (tertiary/aromatic N) is 4. The number of anilines is 3. The van der Waals surface area contributed by atoms with Crippen LogP contribution in [0.15, 0.2) is 48.5 Å². The Kier molecular flexibility index (Phi) is 5.97. The van der Waals surface area contributed by atoms with Gasteiger partial charge in [0.15, 0.2) is 5.13 Å². The second-order valence-corrected chi connectivity index (χ2v) is 8.93. The number of hydrogen-bond donors (Lipinski definition) is 0. The van der Waals surface area contributed by atoms with Crippen molar-refractivity contribution >= 4 is 45.4 Å². The molecule has 0 spiro atoms. The van der Waals surface area contributed by atoms with Gasteiger partial charge in [-0.1, -0.05) is 47.2 Å². The Morgan fingerprint density at radius 1 is 1.07 bits per heavy atom. The van der Waals surface area contributed by atoms with Gasteiger partial charge in [0.25, 0.3) is 5.91 Å². The van der Waals surface area contributed by atoms with Gasteiger partial charge in [0, 0.05) is 49.6 Å². The summed E-state index contributed by atoms with van der Waals surface area (Å²) in [5.41, 5.74) is 4.19. The van der Waals surface area contributed by atoms with Crippen molar-refractivity contribution in [3.05, 3.63) is 69.7 Å². The van der Waals surface area contributed by atoms with Crippen molar-refractivity contribution in [3.63, 3.8) is 0 Å². The zero-order chi connectivity index (χ0) is 21.3. The first-order valence-electron chi connectivity index (χ1n) is 10.0. The Hall–Kier alpha value is -2.57. The van der Waals surface area contributed by atoms with Gasteiger partial charge in [0.1, 0.15) is 4.88 Å². The molecule has 156 valence electrons. The first kappa shape index (κ1) is 20.7. The van der Waals surface area contributed by atoms with E-state index in [4.69, 9.17) is 11.6 Å². The molecule has 0 aliphatic carbocycles. The van der Waals surface area contributed by atoms with Crippen LogP contribution in [0.25, 0.3) is 0 Å². The highest BCUT2D eigenvalue weighted by molar-refractivity contribution is 7.17. The Bertz CT molecular complexity index is 1040. The number of aryl methyl sites for hydroxylation is 2. The van der Waals surface area contributed by atoms with Gasteiger partial charge in [-0.2, -0.15) is 0 Å². The lowest BCUT2D eigenvalue weighted by atomic mass is 10.1. The molecule has 1 fully saturated rings. The minimum absolute atomic E-state index is 0.0696. The molecule has 0 atom stereocenters. The molecule has 30 heavy (non-hydrogen) atoms. The van der Waals surface area contributed by atoms with Gasteiger partial charge >= 0.3 is 0 Å². The lowest BCUT2D eigenvalue weighted by Gasteiger charge is -2.36. The van der Waals surface area contributed by atoms with Crippen LogP contribution < -0.4 is 9.80 Å². The predicted molar refractivity (Wildman–Crippen MR) is 126 cm³/mol. The highest BCUT2D eigenvalue weighted by Crippen LogP contribution is 2.31. The van der Waals surface area contributed by atoms with Gasteiger partial charge in [-0.05, 0) is 43.7 Å².